The first kappa shape index (κ1) is 20.1. The Morgan fingerprint density at radius 2 is 1.68 bits per heavy atom. The van der Waals surface area contributed by atoms with Gasteiger partial charge in [0, 0.05) is 0 Å². The Balaban J connectivity index is 1.66. The van der Waals surface area contributed by atoms with E-state index in [9.17, 15) is 19.1 Å². The van der Waals surface area contributed by atoms with Crippen LogP contribution in [0.25, 0.3) is 27.4 Å². The predicted molar refractivity (Wildman–Crippen MR) is 127 cm³/mol. The fourth-order valence-corrected chi connectivity index (χ4v) is 4.55. The van der Waals surface area contributed by atoms with Crippen LogP contribution >= 0.6 is 0 Å². The molecule has 1 aliphatic rings. The van der Waals surface area contributed by atoms with Gasteiger partial charge < -0.3 is 10.4 Å². The van der Waals surface area contributed by atoms with Crippen LogP contribution in [0.5, 0.6) is 5.75 Å². The van der Waals surface area contributed by atoms with Crippen LogP contribution in [0.2, 0.25) is 0 Å². The van der Waals surface area contributed by atoms with E-state index in [0.29, 0.717) is 29.0 Å². The SMILES string of the molecule is O=C1NC(Cc2ccc(O)cc2)c2nc3ccc(F)cc3c(=O)n2-c2cc3ccccc3cc21. The first-order valence-corrected chi connectivity index (χ1v) is 10.8. The van der Waals surface area contributed by atoms with E-state index in [0.717, 1.165) is 16.3 Å². The Labute approximate surface area is 192 Å². The number of carbonyl (C=O) groups is 1. The van der Waals surface area contributed by atoms with E-state index < -0.39 is 17.4 Å². The topological polar surface area (TPSA) is 84.2 Å². The van der Waals surface area contributed by atoms with Crippen LogP contribution in [0.1, 0.15) is 27.8 Å². The third-order valence-corrected chi connectivity index (χ3v) is 6.20. The molecule has 7 heteroatoms. The zero-order valence-electron chi connectivity index (χ0n) is 17.8. The summed E-state index contributed by atoms with van der Waals surface area (Å²) in [5, 5.41) is 14.5. The molecule has 6 nitrogen and oxygen atoms in total. The van der Waals surface area contributed by atoms with Crippen LogP contribution in [0.15, 0.2) is 83.7 Å². The lowest BCUT2D eigenvalue weighted by atomic mass is 10.0. The fraction of sp³-hybridized carbons (Fsp3) is 0.0741. The molecular weight excluding hydrogens is 433 g/mol. The summed E-state index contributed by atoms with van der Waals surface area (Å²) in [6.45, 7) is 0. The molecule has 0 saturated carbocycles. The summed E-state index contributed by atoms with van der Waals surface area (Å²) in [4.78, 5) is 31.8. The first-order chi connectivity index (χ1) is 16.5. The highest BCUT2D eigenvalue weighted by atomic mass is 19.1. The third-order valence-electron chi connectivity index (χ3n) is 6.20. The Morgan fingerprint density at radius 1 is 0.941 bits per heavy atom. The van der Waals surface area contributed by atoms with Crippen LogP contribution < -0.4 is 10.9 Å². The van der Waals surface area contributed by atoms with Crippen molar-refractivity contribution in [1.82, 2.24) is 14.9 Å². The second kappa shape index (κ2) is 7.52. The average Bonchev–Trinajstić information content (AvgIpc) is 2.94. The number of aromatic nitrogens is 2. The van der Waals surface area contributed by atoms with Gasteiger partial charge in [-0.05, 0) is 65.2 Å². The molecule has 0 radical (unpaired) electrons. The summed E-state index contributed by atoms with van der Waals surface area (Å²) in [6, 6.07) is 21.1. The minimum Gasteiger partial charge on any atom is -0.508 e. The lowest BCUT2D eigenvalue weighted by Crippen LogP contribution is -2.32. The van der Waals surface area contributed by atoms with Crippen LogP contribution in [-0.2, 0) is 6.42 Å². The van der Waals surface area contributed by atoms with Crippen LogP contribution in [0.3, 0.4) is 0 Å². The summed E-state index contributed by atoms with van der Waals surface area (Å²) in [5.74, 6) is -0.367. The first-order valence-electron chi connectivity index (χ1n) is 10.8. The molecule has 0 aliphatic carbocycles. The molecule has 2 N–H and O–H groups in total. The summed E-state index contributed by atoms with van der Waals surface area (Å²) in [7, 11) is 0. The highest BCUT2D eigenvalue weighted by molar-refractivity contribution is 6.03. The van der Waals surface area contributed by atoms with Crippen molar-refractivity contribution in [3.8, 4) is 11.4 Å². The summed E-state index contributed by atoms with van der Waals surface area (Å²) in [5.41, 5.74) is 1.50. The number of amides is 1. The number of rotatable bonds is 2. The number of phenols is 1. The molecular formula is C27H18FN3O3. The molecule has 5 aromatic rings. The number of carbonyl (C=O) groups excluding carboxylic acids is 1. The zero-order chi connectivity index (χ0) is 23.4. The number of phenolic OH excluding ortho intramolecular Hbond substituents is 1. The second-order valence-electron chi connectivity index (χ2n) is 8.39. The average molecular weight is 451 g/mol. The Hall–Kier alpha value is -4.52. The maximum atomic E-state index is 14.0. The van der Waals surface area contributed by atoms with Crippen molar-refractivity contribution in [2.45, 2.75) is 12.5 Å². The molecule has 4 aromatic carbocycles. The molecule has 1 amide bonds. The zero-order valence-corrected chi connectivity index (χ0v) is 17.8. The maximum Gasteiger partial charge on any atom is 0.266 e. The maximum absolute atomic E-state index is 14.0. The van der Waals surface area contributed by atoms with Crippen molar-refractivity contribution in [2.75, 3.05) is 0 Å². The molecule has 0 bridgehead atoms. The van der Waals surface area contributed by atoms with Gasteiger partial charge in [-0.2, -0.15) is 0 Å². The van der Waals surface area contributed by atoms with E-state index in [4.69, 9.17) is 4.98 Å². The highest BCUT2D eigenvalue weighted by Crippen LogP contribution is 2.30. The Kier molecular flexibility index (Phi) is 4.45. The van der Waals surface area contributed by atoms with E-state index in [2.05, 4.69) is 5.32 Å². The molecule has 2 heterocycles. The normalized spacial score (nSPS) is 15.0. The van der Waals surface area contributed by atoms with Crippen LogP contribution in [0, 0.1) is 5.82 Å². The molecule has 1 unspecified atom stereocenters. The van der Waals surface area contributed by atoms with Gasteiger partial charge in [0.2, 0.25) is 0 Å². The summed E-state index contributed by atoms with van der Waals surface area (Å²) >= 11 is 0. The molecule has 34 heavy (non-hydrogen) atoms. The predicted octanol–water partition coefficient (Wildman–Crippen LogP) is 4.41. The van der Waals surface area contributed by atoms with Gasteiger partial charge in [0.1, 0.15) is 17.4 Å². The summed E-state index contributed by atoms with van der Waals surface area (Å²) in [6.07, 6.45) is 0.346. The van der Waals surface area contributed by atoms with Crippen molar-refractivity contribution < 1.29 is 14.3 Å². The lowest BCUT2D eigenvalue weighted by Gasteiger charge is -2.19. The van der Waals surface area contributed by atoms with Gasteiger partial charge in [-0.3, -0.25) is 14.2 Å². The smallest absolute Gasteiger partial charge is 0.266 e. The molecule has 1 aliphatic heterocycles. The third kappa shape index (κ3) is 3.21. The number of nitrogens with zero attached hydrogens (tertiary/aromatic N) is 2. The molecule has 166 valence electrons. The molecule has 1 aromatic heterocycles. The fourth-order valence-electron chi connectivity index (χ4n) is 4.55. The van der Waals surface area contributed by atoms with Gasteiger partial charge >= 0.3 is 0 Å². The van der Waals surface area contributed by atoms with E-state index in [-0.39, 0.29) is 17.0 Å². The van der Waals surface area contributed by atoms with Crippen molar-refractivity contribution in [3.05, 3.63) is 112 Å². The van der Waals surface area contributed by atoms with Crippen molar-refractivity contribution in [2.24, 2.45) is 0 Å². The van der Waals surface area contributed by atoms with Gasteiger partial charge in [0.05, 0.1) is 28.2 Å². The minimum atomic E-state index is -0.630. The number of hydrogen-bond acceptors (Lipinski definition) is 4. The Morgan fingerprint density at radius 3 is 2.44 bits per heavy atom. The quantitative estimate of drug-likeness (QED) is 0.416. The lowest BCUT2D eigenvalue weighted by molar-refractivity contribution is 0.0938. The van der Waals surface area contributed by atoms with E-state index in [1.165, 1.54) is 22.8 Å². The highest BCUT2D eigenvalue weighted by Gasteiger charge is 2.30. The van der Waals surface area contributed by atoms with Gasteiger partial charge in [0.15, 0.2) is 0 Å². The van der Waals surface area contributed by atoms with Gasteiger partial charge in [-0.15, -0.1) is 0 Å². The van der Waals surface area contributed by atoms with Crippen molar-refractivity contribution >= 4 is 27.6 Å². The van der Waals surface area contributed by atoms with E-state index in [1.807, 2.05) is 24.3 Å². The number of aromatic hydroxyl groups is 1. The largest absolute Gasteiger partial charge is 0.508 e. The number of hydrogen-bond donors (Lipinski definition) is 2. The molecule has 6 rings (SSSR count). The second-order valence-corrected chi connectivity index (χ2v) is 8.39. The monoisotopic (exact) mass is 451 g/mol. The number of fused-ring (bicyclic) bond motifs is 5. The molecule has 0 saturated heterocycles. The van der Waals surface area contributed by atoms with Crippen molar-refractivity contribution in [1.29, 1.82) is 0 Å². The molecule has 1 atom stereocenters. The number of nitrogens with one attached hydrogen (secondary N) is 1. The number of halogens is 1. The van der Waals surface area contributed by atoms with Crippen molar-refractivity contribution in [3.63, 3.8) is 0 Å². The molecule has 0 fully saturated rings. The van der Waals surface area contributed by atoms with Crippen LogP contribution in [0.4, 0.5) is 4.39 Å². The van der Waals surface area contributed by atoms with Crippen LogP contribution in [-0.4, -0.2) is 20.6 Å². The number of benzene rings is 4. The van der Waals surface area contributed by atoms with Gasteiger partial charge in [0.25, 0.3) is 11.5 Å². The van der Waals surface area contributed by atoms with E-state index in [1.54, 1.807) is 36.4 Å². The van der Waals surface area contributed by atoms with Gasteiger partial charge in [-0.1, -0.05) is 36.4 Å². The minimum absolute atomic E-state index is 0.135. The summed E-state index contributed by atoms with van der Waals surface area (Å²) < 4.78 is 15.5. The Bertz CT molecular complexity index is 1680. The molecule has 0 spiro atoms. The van der Waals surface area contributed by atoms with Gasteiger partial charge in [-0.25, -0.2) is 9.37 Å². The van der Waals surface area contributed by atoms with E-state index >= 15 is 0 Å². The standard InChI is InChI=1S/C27H18FN3O3/c28-18-7-10-22-20(14-18)27(34)31-24-13-17-4-2-1-3-16(17)12-21(24)26(33)30-23(25(31)29-22)11-15-5-8-19(32)9-6-15/h1-10,12-14,23,32H,11H2,(H,30,33).